The Labute approximate surface area is 189 Å². The van der Waals surface area contributed by atoms with Gasteiger partial charge in [0.1, 0.15) is 5.84 Å². The zero-order chi connectivity index (χ0) is 23.3. The van der Waals surface area contributed by atoms with E-state index in [0.29, 0.717) is 36.3 Å². The molecule has 0 saturated carbocycles. The van der Waals surface area contributed by atoms with E-state index in [1.54, 1.807) is 24.3 Å². The second kappa shape index (κ2) is 10.1. The predicted molar refractivity (Wildman–Crippen MR) is 123 cm³/mol. The SMILES string of the molecule is Cc1cc(C)c(C(=O)COC(=O)CCCCCN=C2NS(=O)(=O)c3ccccc32)cc1C. The lowest BCUT2D eigenvalue weighted by Crippen LogP contribution is -2.22. The maximum Gasteiger partial charge on any atom is 0.306 e. The molecule has 0 spiro atoms. The summed E-state index contributed by atoms with van der Waals surface area (Å²) in [5, 5.41) is 0. The Bertz CT molecular complexity index is 1170. The Morgan fingerprint density at radius 1 is 0.969 bits per heavy atom. The number of hydrogen-bond donors (Lipinski definition) is 1. The maximum atomic E-state index is 12.4. The van der Waals surface area contributed by atoms with Crippen molar-refractivity contribution in [2.75, 3.05) is 13.2 Å². The summed E-state index contributed by atoms with van der Waals surface area (Å²) in [6.07, 6.45) is 2.29. The van der Waals surface area contributed by atoms with Gasteiger partial charge in [-0.1, -0.05) is 24.6 Å². The highest BCUT2D eigenvalue weighted by Gasteiger charge is 2.29. The molecule has 3 rings (SSSR count). The minimum Gasteiger partial charge on any atom is -0.457 e. The number of carbonyl (C=O) groups excluding carboxylic acids is 2. The van der Waals surface area contributed by atoms with Crippen molar-refractivity contribution in [1.82, 2.24) is 4.72 Å². The Kier molecular flexibility index (Phi) is 7.45. The minimum absolute atomic E-state index is 0.200. The number of aliphatic imine (C=N–C) groups is 1. The van der Waals surface area contributed by atoms with Gasteiger partial charge in [-0.15, -0.1) is 0 Å². The number of fused-ring (bicyclic) bond motifs is 1. The Morgan fingerprint density at radius 3 is 2.47 bits per heavy atom. The first-order valence-electron chi connectivity index (χ1n) is 10.6. The molecule has 32 heavy (non-hydrogen) atoms. The molecule has 0 atom stereocenters. The van der Waals surface area contributed by atoms with Crippen molar-refractivity contribution in [2.24, 2.45) is 4.99 Å². The van der Waals surface area contributed by atoms with Gasteiger partial charge < -0.3 is 4.74 Å². The van der Waals surface area contributed by atoms with Gasteiger partial charge in [0.15, 0.2) is 6.61 Å². The number of sulfonamides is 1. The zero-order valence-electron chi connectivity index (χ0n) is 18.6. The number of amidine groups is 1. The quantitative estimate of drug-likeness (QED) is 0.353. The standard InChI is InChI=1S/C24H28N2O5S/c1-16-13-18(3)20(14-17(16)2)21(27)15-31-23(28)11-5-4-8-12-25-24-19-9-6-7-10-22(19)32(29,30)26-24/h6-7,9-10,13-14H,4-5,8,11-12,15H2,1-3H3,(H,25,26). The molecule has 0 aromatic heterocycles. The molecule has 0 bridgehead atoms. The summed E-state index contributed by atoms with van der Waals surface area (Å²) in [5.41, 5.74) is 4.20. The third-order valence-electron chi connectivity index (χ3n) is 5.48. The maximum absolute atomic E-state index is 12.4. The average Bonchev–Trinajstić information content (AvgIpc) is 3.01. The number of benzene rings is 2. The average molecular weight is 457 g/mol. The number of nitrogens with zero attached hydrogens (tertiary/aromatic N) is 1. The van der Waals surface area contributed by atoms with E-state index in [-0.39, 0.29) is 23.7 Å². The van der Waals surface area contributed by atoms with Crippen LogP contribution in [0, 0.1) is 20.8 Å². The largest absolute Gasteiger partial charge is 0.457 e. The van der Waals surface area contributed by atoms with Gasteiger partial charge in [-0.25, -0.2) is 8.42 Å². The number of esters is 1. The number of carbonyl (C=O) groups is 2. The second-order valence-corrected chi connectivity index (χ2v) is 9.63. The molecule has 0 saturated heterocycles. The Hall–Kier alpha value is -3.00. The van der Waals surface area contributed by atoms with Crippen LogP contribution < -0.4 is 4.72 Å². The molecule has 0 amide bonds. The van der Waals surface area contributed by atoms with E-state index in [9.17, 15) is 18.0 Å². The normalized spacial score (nSPS) is 15.3. The van der Waals surface area contributed by atoms with E-state index in [1.165, 1.54) is 0 Å². The van der Waals surface area contributed by atoms with Crippen LogP contribution in [0.1, 0.15) is 58.3 Å². The van der Waals surface area contributed by atoms with E-state index in [2.05, 4.69) is 9.71 Å². The lowest BCUT2D eigenvalue weighted by Gasteiger charge is -2.09. The van der Waals surface area contributed by atoms with E-state index in [4.69, 9.17) is 4.74 Å². The molecule has 0 aliphatic carbocycles. The molecular formula is C24H28N2O5S. The van der Waals surface area contributed by atoms with Crippen LogP contribution in [-0.4, -0.2) is 39.2 Å². The molecule has 2 aromatic carbocycles. The van der Waals surface area contributed by atoms with Crippen molar-refractivity contribution in [3.63, 3.8) is 0 Å². The van der Waals surface area contributed by atoms with Crippen LogP contribution in [0.2, 0.25) is 0 Å². The number of ketones is 1. The Balaban J connectivity index is 1.38. The first-order valence-corrected chi connectivity index (χ1v) is 12.1. The molecule has 7 nitrogen and oxygen atoms in total. The van der Waals surface area contributed by atoms with Crippen molar-refractivity contribution >= 4 is 27.6 Å². The van der Waals surface area contributed by atoms with Gasteiger partial charge in [-0.2, -0.15) is 0 Å². The topological polar surface area (TPSA) is 102 Å². The fraction of sp³-hybridized carbons (Fsp3) is 0.375. The fourth-order valence-electron chi connectivity index (χ4n) is 3.56. The van der Waals surface area contributed by atoms with Crippen LogP contribution in [0.5, 0.6) is 0 Å². The van der Waals surface area contributed by atoms with Crippen molar-refractivity contribution in [3.05, 3.63) is 64.2 Å². The van der Waals surface area contributed by atoms with Gasteiger partial charge in [0.05, 0.1) is 4.90 Å². The molecule has 170 valence electrons. The summed E-state index contributed by atoms with van der Waals surface area (Å²) in [4.78, 5) is 28.9. The van der Waals surface area contributed by atoms with Crippen molar-refractivity contribution in [1.29, 1.82) is 0 Å². The van der Waals surface area contributed by atoms with Crippen molar-refractivity contribution < 1.29 is 22.7 Å². The summed E-state index contributed by atoms with van der Waals surface area (Å²) in [5.74, 6) is -0.238. The van der Waals surface area contributed by atoms with Crippen LogP contribution in [-0.2, 0) is 19.6 Å². The molecule has 0 fully saturated rings. The van der Waals surface area contributed by atoms with E-state index in [1.807, 2.05) is 32.9 Å². The van der Waals surface area contributed by atoms with E-state index in [0.717, 1.165) is 23.1 Å². The number of aryl methyl sites for hydroxylation is 3. The lowest BCUT2D eigenvalue weighted by atomic mass is 9.98. The fourth-order valence-corrected chi connectivity index (χ4v) is 4.81. The zero-order valence-corrected chi connectivity index (χ0v) is 19.4. The summed E-state index contributed by atoms with van der Waals surface area (Å²) >= 11 is 0. The van der Waals surface area contributed by atoms with Gasteiger partial charge in [-0.05, 0) is 68.5 Å². The number of hydrogen-bond acceptors (Lipinski definition) is 6. The molecular weight excluding hydrogens is 428 g/mol. The van der Waals surface area contributed by atoms with E-state index < -0.39 is 16.0 Å². The van der Waals surface area contributed by atoms with Crippen LogP contribution in [0.25, 0.3) is 0 Å². The van der Waals surface area contributed by atoms with Gasteiger partial charge in [0, 0.05) is 24.1 Å². The first kappa shape index (κ1) is 23.7. The molecule has 1 aliphatic heterocycles. The summed E-state index contributed by atoms with van der Waals surface area (Å²) in [6, 6.07) is 10.5. The van der Waals surface area contributed by atoms with Crippen LogP contribution >= 0.6 is 0 Å². The summed E-state index contributed by atoms with van der Waals surface area (Å²) in [6.45, 7) is 6.01. The van der Waals surface area contributed by atoms with Gasteiger partial charge in [0.2, 0.25) is 5.78 Å². The molecule has 2 aromatic rings. The van der Waals surface area contributed by atoms with Crippen LogP contribution in [0.4, 0.5) is 0 Å². The monoisotopic (exact) mass is 456 g/mol. The van der Waals surface area contributed by atoms with Gasteiger partial charge in [-0.3, -0.25) is 19.3 Å². The van der Waals surface area contributed by atoms with Crippen molar-refractivity contribution in [2.45, 2.75) is 51.3 Å². The highest BCUT2D eigenvalue weighted by Crippen LogP contribution is 2.22. The highest BCUT2D eigenvalue weighted by atomic mass is 32.2. The van der Waals surface area contributed by atoms with Gasteiger partial charge >= 0.3 is 5.97 Å². The third-order valence-corrected chi connectivity index (χ3v) is 6.87. The Morgan fingerprint density at radius 2 is 1.69 bits per heavy atom. The highest BCUT2D eigenvalue weighted by molar-refractivity contribution is 7.90. The number of unbranched alkanes of at least 4 members (excludes halogenated alkanes) is 2. The lowest BCUT2D eigenvalue weighted by molar-refractivity contribution is -0.142. The second-order valence-electron chi connectivity index (χ2n) is 7.98. The van der Waals surface area contributed by atoms with Crippen LogP contribution in [0.3, 0.4) is 0 Å². The number of nitrogens with one attached hydrogen (secondary N) is 1. The molecule has 0 unspecified atom stereocenters. The predicted octanol–water partition coefficient (Wildman–Crippen LogP) is 3.64. The number of Topliss-reactive ketones (excluding diaryl/α,β-unsaturated/α-hetero) is 1. The smallest absolute Gasteiger partial charge is 0.306 e. The third kappa shape index (κ3) is 5.62. The first-order chi connectivity index (χ1) is 15.2. The molecule has 8 heteroatoms. The van der Waals surface area contributed by atoms with Gasteiger partial charge in [0.25, 0.3) is 10.0 Å². The number of rotatable bonds is 9. The summed E-state index contributed by atoms with van der Waals surface area (Å²) in [7, 11) is -3.52. The summed E-state index contributed by atoms with van der Waals surface area (Å²) < 4.78 is 31.7. The van der Waals surface area contributed by atoms with Crippen LogP contribution in [0.15, 0.2) is 46.3 Å². The van der Waals surface area contributed by atoms with E-state index >= 15 is 0 Å². The number of ether oxygens (including phenoxy) is 1. The molecule has 0 radical (unpaired) electrons. The molecule has 1 aliphatic rings. The van der Waals surface area contributed by atoms with Crippen molar-refractivity contribution in [3.8, 4) is 0 Å². The molecule has 1 N–H and O–H groups in total. The minimum atomic E-state index is -3.52. The molecule has 1 heterocycles.